The molecule has 1 aromatic carbocycles. The fourth-order valence-corrected chi connectivity index (χ4v) is 2.19. The first-order chi connectivity index (χ1) is 11.0. The Labute approximate surface area is 136 Å². The van der Waals surface area contributed by atoms with Crippen LogP contribution in [0, 0.1) is 0 Å². The third-order valence-corrected chi connectivity index (χ3v) is 3.96. The second-order valence-electron chi connectivity index (χ2n) is 5.62. The number of anilines is 1. The van der Waals surface area contributed by atoms with Crippen LogP contribution in [0.25, 0.3) is 0 Å². The normalized spacial score (nSPS) is 11.3. The zero-order valence-electron chi connectivity index (χ0n) is 13.6. The molecule has 0 fully saturated rings. The van der Waals surface area contributed by atoms with E-state index in [9.17, 15) is 9.90 Å². The van der Waals surface area contributed by atoms with Crippen molar-refractivity contribution < 1.29 is 9.90 Å². The number of hydrogen-bond acceptors (Lipinski definition) is 3. The standard InChI is InChI=1S/C17H24N4O2/c1-3-17(23,4-2)13-18-16(22)19-15-10-11-21(20-15)12-14-8-6-5-7-9-14/h5-11,23H,3-4,12-13H2,1-2H3,(H2,18,19,20,22). The number of nitrogens with one attached hydrogen (secondary N) is 2. The van der Waals surface area contributed by atoms with Gasteiger partial charge in [0.1, 0.15) is 0 Å². The first-order valence-electron chi connectivity index (χ1n) is 7.89. The van der Waals surface area contributed by atoms with Gasteiger partial charge in [-0.1, -0.05) is 44.2 Å². The van der Waals surface area contributed by atoms with Crippen LogP contribution in [-0.4, -0.2) is 33.1 Å². The molecule has 6 nitrogen and oxygen atoms in total. The third-order valence-electron chi connectivity index (χ3n) is 3.96. The van der Waals surface area contributed by atoms with Crippen LogP contribution in [-0.2, 0) is 6.54 Å². The number of hydrogen-bond donors (Lipinski definition) is 3. The Morgan fingerprint density at radius 3 is 2.57 bits per heavy atom. The molecule has 23 heavy (non-hydrogen) atoms. The molecule has 0 bridgehead atoms. The van der Waals surface area contributed by atoms with Crippen LogP contribution in [0.3, 0.4) is 0 Å². The molecule has 0 saturated carbocycles. The van der Waals surface area contributed by atoms with Crippen molar-refractivity contribution in [2.75, 3.05) is 11.9 Å². The van der Waals surface area contributed by atoms with Crippen molar-refractivity contribution in [2.45, 2.75) is 38.8 Å². The fourth-order valence-electron chi connectivity index (χ4n) is 2.19. The van der Waals surface area contributed by atoms with E-state index in [1.165, 1.54) is 0 Å². The molecular formula is C17H24N4O2. The quantitative estimate of drug-likeness (QED) is 0.734. The summed E-state index contributed by atoms with van der Waals surface area (Å²) in [6, 6.07) is 11.4. The van der Waals surface area contributed by atoms with Crippen molar-refractivity contribution >= 4 is 11.8 Å². The molecule has 0 aliphatic heterocycles. The highest BCUT2D eigenvalue weighted by Crippen LogP contribution is 2.13. The summed E-state index contributed by atoms with van der Waals surface area (Å²) in [6.07, 6.45) is 3.00. The van der Waals surface area contributed by atoms with E-state index in [2.05, 4.69) is 15.7 Å². The van der Waals surface area contributed by atoms with E-state index in [0.29, 0.717) is 25.2 Å². The van der Waals surface area contributed by atoms with Gasteiger partial charge >= 0.3 is 6.03 Å². The monoisotopic (exact) mass is 316 g/mol. The van der Waals surface area contributed by atoms with E-state index < -0.39 is 5.60 Å². The lowest BCUT2D eigenvalue weighted by Crippen LogP contribution is -2.43. The molecule has 0 atom stereocenters. The Kier molecular flexibility index (Phi) is 5.76. The minimum atomic E-state index is -0.857. The summed E-state index contributed by atoms with van der Waals surface area (Å²) < 4.78 is 1.76. The lowest BCUT2D eigenvalue weighted by molar-refractivity contribution is 0.0354. The van der Waals surface area contributed by atoms with E-state index in [1.807, 2.05) is 50.4 Å². The minimum absolute atomic E-state index is 0.219. The lowest BCUT2D eigenvalue weighted by atomic mass is 9.98. The summed E-state index contributed by atoms with van der Waals surface area (Å²) in [7, 11) is 0. The summed E-state index contributed by atoms with van der Waals surface area (Å²) >= 11 is 0. The van der Waals surface area contributed by atoms with Crippen LogP contribution in [0.4, 0.5) is 10.6 Å². The summed E-state index contributed by atoms with van der Waals surface area (Å²) in [5.41, 5.74) is 0.284. The van der Waals surface area contributed by atoms with Gasteiger partial charge < -0.3 is 10.4 Å². The van der Waals surface area contributed by atoms with Crippen LogP contribution in [0.2, 0.25) is 0 Å². The molecule has 6 heteroatoms. The van der Waals surface area contributed by atoms with Crippen LogP contribution >= 0.6 is 0 Å². The van der Waals surface area contributed by atoms with E-state index in [0.717, 1.165) is 5.56 Å². The van der Waals surface area contributed by atoms with Gasteiger partial charge in [-0.25, -0.2) is 4.79 Å². The number of aromatic nitrogens is 2. The highest BCUT2D eigenvalue weighted by Gasteiger charge is 2.22. The van der Waals surface area contributed by atoms with Crippen molar-refractivity contribution in [2.24, 2.45) is 0 Å². The van der Waals surface area contributed by atoms with Gasteiger partial charge in [0, 0.05) is 18.8 Å². The van der Waals surface area contributed by atoms with E-state index in [1.54, 1.807) is 10.7 Å². The molecule has 3 N–H and O–H groups in total. The lowest BCUT2D eigenvalue weighted by Gasteiger charge is -2.25. The fraction of sp³-hybridized carbons (Fsp3) is 0.412. The highest BCUT2D eigenvalue weighted by molar-refractivity contribution is 5.88. The molecular weight excluding hydrogens is 292 g/mol. The Hall–Kier alpha value is -2.34. The van der Waals surface area contributed by atoms with Crippen molar-refractivity contribution in [3.05, 3.63) is 48.2 Å². The number of benzene rings is 1. The molecule has 0 radical (unpaired) electrons. The summed E-state index contributed by atoms with van der Waals surface area (Å²) in [4.78, 5) is 11.9. The molecule has 2 amide bonds. The molecule has 2 aromatic rings. The van der Waals surface area contributed by atoms with Crippen molar-refractivity contribution in [1.29, 1.82) is 0 Å². The van der Waals surface area contributed by atoms with Crippen LogP contribution in [0.15, 0.2) is 42.6 Å². The Bertz CT molecular complexity index is 621. The van der Waals surface area contributed by atoms with Gasteiger partial charge in [-0.15, -0.1) is 0 Å². The number of aliphatic hydroxyl groups is 1. The predicted octanol–water partition coefficient (Wildman–Crippen LogP) is 2.60. The Morgan fingerprint density at radius 2 is 1.91 bits per heavy atom. The molecule has 0 saturated heterocycles. The Balaban J connectivity index is 1.85. The molecule has 2 rings (SSSR count). The number of urea groups is 1. The van der Waals surface area contributed by atoms with Crippen molar-refractivity contribution in [3.63, 3.8) is 0 Å². The first-order valence-corrected chi connectivity index (χ1v) is 7.89. The number of nitrogens with zero attached hydrogens (tertiary/aromatic N) is 2. The van der Waals surface area contributed by atoms with E-state index >= 15 is 0 Å². The molecule has 0 aliphatic rings. The van der Waals surface area contributed by atoms with Crippen LogP contribution in [0.1, 0.15) is 32.3 Å². The third kappa shape index (κ3) is 5.10. The Morgan fingerprint density at radius 1 is 1.22 bits per heavy atom. The predicted molar refractivity (Wildman–Crippen MR) is 90.3 cm³/mol. The summed E-state index contributed by atoms with van der Waals surface area (Å²) in [5.74, 6) is 0.481. The van der Waals surface area contributed by atoms with Crippen LogP contribution in [0.5, 0.6) is 0 Å². The molecule has 0 spiro atoms. The van der Waals surface area contributed by atoms with Gasteiger partial charge in [0.25, 0.3) is 0 Å². The zero-order valence-corrected chi connectivity index (χ0v) is 13.6. The maximum Gasteiger partial charge on any atom is 0.320 e. The highest BCUT2D eigenvalue weighted by atomic mass is 16.3. The molecule has 0 unspecified atom stereocenters. The van der Waals surface area contributed by atoms with Crippen LogP contribution < -0.4 is 10.6 Å². The van der Waals surface area contributed by atoms with Gasteiger partial charge in [0.05, 0.1) is 12.1 Å². The minimum Gasteiger partial charge on any atom is -0.388 e. The maximum atomic E-state index is 11.9. The SMILES string of the molecule is CCC(O)(CC)CNC(=O)Nc1ccn(Cc2ccccc2)n1. The summed E-state index contributed by atoms with van der Waals surface area (Å²) in [6.45, 7) is 4.66. The smallest absolute Gasteiger partial charge is 0.320 e. The van der Waals surface area contributed by atoms with E-state index in [-0.39, 0.29) is 12.6 Å². The average Bonchev–Trinajstić information content (AvgIpc) is 3.00. The average molecular weight is 316 g/mol. The maximum absolute atomic E-state index is 11.9. The van der Waals surface area contributed by atoms with E-state index in [4.69, 9.17) is 0 Å². The van der Waals surface area contributed by atoms with Gasteiger partial charge in [-0.05, 0) is 18.4 Å². The van der Waals surface area contributed by atoms with Crippen molar-refractivity contribution in [1.82, 2.24) is 15.1 Å². The molecule has 0 aliphatic carbocycles. The molecule has 1 aromatic heterocycles. The summed E-state index contributed by atoms with van der Waals surface area (Å²) in [5, 5.41) is 19.8. The molecule has 1 heterocycles. The molecule has 124 valence electrons. The second-order valence-corrected chi connectivity index (χ2v) is 5.62. The number of carbonyl (C=O) groups is 1. The topological polar surface area (TPSA) is 79.2 Å². The number of rotatable bonds is 7. The number of amides is 2. The second kappa shape index (κ2) is 7.78. The number of carbonyl (C=O) groups excluding carboxylic acids is 1. The van der Waals surface area contributed by atoms with Gasteiger partial charge in [-0.2, -0.15) is 5.10 Å². The van der Waals surface area contributed by atoms with Gasteiger partial charge in [0.15, 0.2) is 5.82 Å². The zero-order chi connectivity index (χ0) is 16.7. The van der Waals surface area contributed by atoms with Crippen molar-refractivity contribution in [3.8, 4) is 0 Å². The largest absolute Gasteiger partial charge is 0.388 e. The first kappa shape index (κ1) is 17.0. The van der Waals surface area contributed by atoms with Gasteiger partial charge in [0.2, 0.25) is 0 Å². The van der Waals surface area contributed by atoms with Gasteiger partial charge in [-0.3, -0.25) is 10.00 Å².